The van der Waals surface area contributed by atoms with E-state index in [9.17, 15) is 9.59 Å². The number of hydrogen-bond donors (Lipinski definition) is 0. The van der Waals surface area contributed by atoms with E-state index in [1.54, 1.807) is 19.2 Å². The molecular weight excluding hydrogens is 234 g/mol. The van der Waals surface area contributed by atoms with Crippen LogP contribution < -0.4 is 5.19 Å². The summed E-state index contributed by atoms with van der Waals surface area (Å²) in [5, 5.41) is 1.02. The molecule has 0 N–H and O–H groups in total. The van der Waals surface area contributed by atoms with Crippen LogP contribution >= 0.6 is 0 Å². The molecule has 17 heavy (non-hydrogen) atoms. The van der Waals surface area contributed by atoms with Crippen LogP contribution in [-0.2, 0) is 4.43 Å². The molecule has 0 saturated carbocycles. The molecule has 0 saturated heterocycles. The van der Waals surface area contributed by atoms with Gasteiger partial charge in [-0.3, -0.25) is 14.5 Å². The van der Waals surface area contributed by atoms with Crippen LogP contribution in [0.15, 0.2) is 18.2 Å². The summed E-state index contributed by atoms with van der Waals surface area (Å²) < 4.78 is 5.50. The van der Waals surface area contributed by atoms with Crippen molar-refractivity contribution in [3.05, 3.63) is 29.3 Å². The predicted molar refractivity (Wildman–Crippen MR) is 67.0 cm³/mol. The highest BCUT2D eigenvalue weighted by Crippen LogP contribution is 2.21. The topological polar surface area (TPSA) is 46.6 Å². The summed E-state index contributed by atoms with van der Waals surface area (Å²) in [7, 11) is 1.23. The number of imide groups is 1. The van der Waals surface area contributed by atoms with Crippen LogP contribution in [0.1, 0.15) is 20.7 Å². The monoisotopic (exact) mass is 249 g/mol. The van der Waals surface area contributed by atoms with Crippen molar-refractivity contribution in [3.8, 4) is 0 Å². The van der Waals surface area contributed by atoms with E-state index >= 15 is 0 Å². The summed E-state index contributed by atoms with van der Waals surface area (Å²) in [4.78, 5) is 24.7. The van der Waals surface area contributed by atoms with Crippen LogP contribution in [0.5, 0.6) is 0 Å². The van der Waals surface area contributed by atoms with Gasteiger partial charge in [-0.2, -0.15) is 0 Å². The molecule has 1 aromatic carbocycles. The van der Waals surface area contributed by atoms with Crippen LogP contribution in [-0.4, -0.2) is 39.2 Å². The van der Waals surface area contributed by atoms with Crippen LogP contribution in [0.25, 0.3) is 0 Å². The minimum absolute atomic E-state index is 0.228. The molecule has 4 nitrogen and oxygen atoms in total. The fourth-order valence-electron chi connectivity index (χ4n) is 1.85. The molecule has 1 aliphatic rings. The summed E-state index contributed by atoms with van der Waals surface area (Å²) in [5.74, 6) is -0.457. The van der Waals surface area contributed by atoms with Crippen molar-refractivity contribution in [2.75, 3.05) is 14.2 Å². The molecule has 2 amide bonds. The van der Waals surface area contributed by atoms with Gasteiger partial charge in [0.1, 0.15) is 0 Å². The predicted octanol–water partition coefficient (Wildman–Crippen LogP) is 0.971. The minimum Gasteiger partial charge on any atom is -0.416 e. The molecule has 90 valence electrons. The van der Waals surface area contributed by atoms with Gasteiger partial charge >= 0.3 is 0 Å². The first-order chi connectivity index (χ1) is 7.88. The lowest BCUT2D eigenvalue weighted by atomic mass is 10.1. The normalized spacial score (nSPS) is 15.4. The number of amides is 2. The zero-order valence-electron chi connectivity index (χ0n) is 10.4. The van der Waals surface area contributed by atoms with Crippen molar-refractivity contribution in [2.24, 2.45) is 0 Å². The zero-order valence-corrected chi connectivity index (χ0v) is 11.4. The molecule has 2 rings (SSSR count). The Hall–Kier alpha value is -1.46. The maximum absolute atomic E-state index is 11.9. The number of carbonyl (C=O) groups is 2. The van der Waals surface area contributed by atoms with Crippen LogP contribution in [0.2, 0.25) is 13.1 Å². The van der Waals surface area contributed by atoms with E-state index in [4.69, 9.17) is 4.43 Å². The number of nitrogens with zero attached hydrogens (tertiary/aromatic N) is 1. The van der Waals surface area contributed by atoms with Gasteiger partial charge in [0.05, 0.1) is 11.1 Å². The van der Waals surface area contributed by atoms with Gasteiger partial charge in [-0.15, -0.1) is 0 Å². The van der Waals surface area contributed by atoms with Crippen molar-refractivity contribution in [3.63, 3.8) is 0 Å². The number of benzene rings is 1. The van der Waals surface area contributed by atoms with E-state index in [0.717, 1.165) is 10.1 Å². The zero-order chi connectivity index (χ0) is 12.8. The second-order valence-corrected chi connectivity index (χ2v) is 8.65. The van der Waals surface area contributed by atoms with E-state index in [1.165, 1.54) is 7.05 Å². The third-order valence-corrected chi connectivity index (χ3v) is 6.02. The van der Waals surface area contributed by atoms with Gasteiger partial charge in [0.25, 0.3) is 11.8 Å². The number of rotatable bonds is 2. The van der Waals surface area contributed by atoms with E-state index in [-0.39, 0.29) is 11.8 Å². The van der Waals surface area contributed by atoms with Gasteiger partial charge in [-0.05, 0) is 30.4 Å². The smallest absolute Gasteiger partial charge is 0.261 e. The van der Waals surface area contributed by atoms with Crippen molar-refractivity contribution >= 4 is 25.3 Å². The third kappa shape index (κ3) is 1.71. The molecule has 5 heteroatoms. The summed E-state index contributed by atoms with van der Waals surface area (Å²) in [5.41, 5.74) is 0.981. The van der Waals surface area contributed by atoms with Crippen molar-refractivity contribution < 1.29 is 14.0 Å². The summed E-state index contributed by atoms with van der Waals surface area (Å²) in [6.45, 7) is 4.11. The summed E-state index contributed by atoms with van der Waals surface area (Å²) >= 11 is 0. The van der Waals surface area contributed by atoms with E-state index in [1.807, 2.05) is 6.07 Å². The molecule has 0 spiro atoms. The van der Waals surface area contributed by atoms with E-state index in [0.29, 0.717) is 11.1 Å². The van der Waals surface area contributed by atoms with Gasteiger partial charge in [0.15, 0.2) is 0 Å². The van der Waals surface area contributed by atoms with Crippen LogP contribution in [0, 0.1) is 0 Å². The fraction of sp³-hybridized carbons (Fsp3) is 0.333. The first-order valence-corrected chi connectivity index (χ1v) is 8.31. The van der Waals surface area contributed by atoms with Crippen molar-refractivity contribution in [2.45, 2.75) is 13.1 Å². The summed E-state index contributed by atoms with van der Waals surface area (Å²) in [6.07, 6.45) is 0. The fourth-order valence-corrected chi connectivity index (χ4v) is 3.07. The molecular formula is C12H15NO3Si. The highest BCUT2D eigenvalue weighted by Gasteiger charge is 2.34. The van der Waals surface area contributed by atoms with Gasteiger partial charge in [0.2, 0.25) is 8.32 Å². The maximum Gasteiger partial charge on any atom is 0.261 e. The van der Waals surface area contributed by atoms with Crippen LogP contribution in [0.4, 0.5) is 0 Å². The van der Waals surface area contributed by atoms with Gasteiger partial charge in [-0.25, -0.2) is 0 Å². The number of hydrogen-bond acceptors (Lipinski definition) is 3. The molecule has 1 aliphatic heterocycles. The molecule has 0 aliphatic carbocycles. The van der Waals surface area contributed by atoms with Gasteiger partial charge < -0.3 is 4.43 Å². The van der Waals surface area contributed by atoms with Crippen molar-refractivity contribution in [1.82, 2.24) is 4.90 Å². The molecule has 0 bridgehead atoms. The summed E-state index contributed by atoms with van der Waals surface area (Å²) in [6, 6.07) is 5.41. The Morgan fingerprint density at radius 3 is 2.29 bits per heavy atom. The Bertz CT molecular complexity index is 510. The average molecular weight is 249 g/mol. The second-order valence-electron chi connectivity index (χ2n) is 4.64. The lowest BCUT2D eigenvalue weighted by Gasteiger charge is -2.20. The maximum atomic E-state index is 11.9. The first-order valence-electron chi connectivity index (χ1n) is 5.40. The molecule has 0 aromatic heterocycles. The Morgan fingerprint density at radius 2 is 1.71 bits per heavy atom. The Morgan fingerprint density at radius 1 is 1.12 bits per heavy atom. The SMILES string of the molecule is CO[Si](C)(C)c1ccc2c(c1)C(=O)N(C)C2=O. The molecule has 0 radical (unpaired) electrons. The standard InChI is InChI=1S/C12H15NO3Si/c1-13-11(14)9-6-5-8(17(3,4)16-2)7-10(9)12(13)15/h5-7H,1-4H3. The quantitative estimate of drug-likeness (QED) is 0.579. The lowest BCUT2D eigenvalue weighted by Crippen LogP contribution is -2.44. The number of carbonyl (C=O) groups excluding carboxylic acids is 2. The highest BCUT2D eigenvalue weighted by atomic mass is 28.4. The Kier molecular flexibility index (Phi) is 2.67. The molecule has 0 unspecified atom stereocenters. The molecule has 0 atom stereocenters. The van der Waals surface area contributed by atoms with Crippen LogP contribution in [0.3, 0.4) is 0 Å². The third-order valence-electron chi connectivity index (χ3n) is 3.30. The Balaban J connectivity index is 2.54. The van der Waals surface area contributed by atoms with Gasteiger partial charge in [0, 0.05) is 14.2 Å². The first kappa shape index (κ1) is 12.0. The highest BCUT2D eigenvalue weighted by molar-refractivity contribution is 6.84. The van der Waals surface area contributed by atoms with E-state index < -0.39 is 8.32 Å². The molecule has 0 fully saturated rings. The van der Waals surface area contributed by atoms with E-state index in [2.05, 4.69) is 13.1 Å². The minimum atomic E-state index is -1.95. The van der Waals surface area contributed by atoms with Gasteiger partial charge in [-0.1, -0.05) is 6.07 Å². The molecule has 1 aromatic rings. The Labute approximate surface area is 101 Å². The molecule has 1 heterocycles. The lowest BCUT2D eigenvalue weighted by molar-refractivity contribution is 0.0693. The number of fused-ring (bicyclic) bond motifs is 1. The van der Waals surface area contributed by atoms with Crippen molar-refractivity contribution in [1.29, 1.82) is 0 Å². The second kappa shape index (κ2) is 3.78. The average Bonchev–Trinajstić information content (AvgIpc) is 2.54. The largest absolute Gasteiger partial charge is 0.416 e.